The first-order valence-corrected chi connectivity index (χ1v) is 6.39. The smallest absolute Gasteiger partial charge is 0.380 e. The molecule has 1 aromatic rings. The molecule has 0 radical (unpaired) electrons. The van der Waals surface area contributed by atoms with Crippen LogP contribution in [0, 0.1) is 11.8 Å². The fraction of sp³-hybridized carbons (Fsp3) is 0.400. The van der Waals surface area contributed by atoms with Crippen molar-refractivity contribution in [1.29, 1.82) is 0 Å². The molecular formula is C15H12F6O3. The number of halogens is 6. The zero-order chi connectivity index (χ0) is 18.5. The van der Waals surface area contributed by atoms with Gasteiger partial charge in [0.25, 0.3) is 0 Å². The third kappa shape index (κ3) is 4.57. The first-order chi connectivity index (χ1) is 11.0. The maximum absolute atomic E-state index is 13.2. The van der Waals surface area contributed by atoms with Gasteiger partial charge in [-0.15, -0.1) is 0 Å². The van der Waals surface area contributed by atoms with E-state index in [0.29, 0.717) is 5.75 Å². The molecule has 0 spiro atoms. The van der Waals surface area contributed by atoms with Crippen LogP contribution in [0.3, 0.4) is 0 Å². The summed E-state index contributed by atoms with van der Waals surface area (Å²) in [5.41, 5.74) is 0.0784. The molecule has 9 heteroatoms. The van der Waals surface area contributed by atoms with Gasteiger partial charge in [0.1, 0.15) is 5.75 Å². The molecule has 1 rings (SSSR count). The van der Waals surface area contributed by atoms with Crippen LogP contribution in [0.5, 0.6) is 5.75 Å². The van der Waals surface area contributed by atoms with E-state index >= 15 is 0 Å². The Labute approximate surface area is 133 Å². The lowest BCUT2D eigenvalue weighted by Gasteiger charge is -2.21. The Kier molecular flexibility index (Phi) is 6.12. The molecule has 1 unspecified atom stereocenters. The molecule has 132 valence electrons. The minimum Gasteiger partial charge on any atom is -0.497 e. The van der Waals surface area contributed by atoms with Crippen molar-refractivity contribution in [3.63, 3.8) is 0 Å². The van der Waals surface area contributed by atoms with Crippen LogP contribution in [-0.2, 0) is 9.53 Å². The first kappa shape index (κ1) is 19.7. The van der Waals surface area contributed by atoms with Gasteiger partial charge in [0.05, 0.1) is 7.11 Å². The summed E-state index contributed by atoms with van der Waals surface area (Å²) in [6.45, 7) is 0.949. The highest BCUT2D eigenvalue weighted by Crippen LogP contribution is 2.38. The Bertz CT molecular complexity index is 631. The standard InChI is InChI=1S/C15H12F6O3/c1-9(22)24-12(10-3-5-11(23-2)6-4-10)7-8-14(18,19)15(20,21)13(16)17/h3-6,12-13H,1-2H3. The Hall–Kier alpha value is -2.37. The lowest BCUT2D eigenvalue weighted by Crippen LogP contribution is -2.45. The summed E-state index contributed by atoms with van der Waals surface area (Å²) >= 11 is 0. The number of alkyl halides is 6. The van der Waals surface area contributed by atoms with Crippen LogP contribution >= 0.6 is 0 Å². The molecule has 1 aromatic carbocycles. The van der Waals surface area contributed by atoms with Gasteiger partial charge in [0, 0.05) is 12.5 Å². The first-order valence-electron chi connectivity index (χ1n) is 6.39. The number of carbonyl (C=O) groups is 1. The number of carbonyl (C=O) groups excluding carboxylic acids is 1. The molecule has 3 nitrogen and oxygen atoms in total. The van der Waals surface area contributed by atoms with Crippen molar-refractivity contribution in [3.8, 4) is 17.6 Å². The number of hydrogen-bond donors (Lipinski definition) is 0. The number of ether oxygens (including phenoxy) is 2. The van der Waals surface area contributed by atoms with Gasteiger partial charge >= 0.3 is 24.2 Å². The average Bonchev–Trinajstić information content (AvgIpc) is 2.50. The fourth-order valence-electron chi connectivity index (χ4n) is 1.50. The van der Waals surface area contributed by atoms with Crippen LogP contribution in [-0.4, -0.2) is 31.3 Å². The van der Waals surface area contributed by atoms with Gasteiger partial charge in [-0.3, -0.25) is 4.79 Å². The van der Waals surface area contributed by atoms with Crippen LogP contribution in [0.1, 0.15) is 18.6 Å². The predicted molar refractivity (Wildman–Crippen MR) is 71.2 cm³/mol. The Morgan fingerprint density at radius 1 is 1.12 bits per heavy atom. The molecule has 0 heterocycles. The van der Waals surface area contributed by atoms with E-state index in [9.17, 15) is 31.1 Å². The van der Waals surface area contributed by atoms with Crippen LogP contribution < -0.4 is 4.74 Å². The monoisotopic (exact) mass is 354 g/mol. The van der Waals surface area contributed by atoms with E-state index in [1.165, 1.54) is 31.4 Å². The van der Waals surface area contributed by atoms with Gasteiger partial charge in [0.2, 0.25) is 0 Å². The average molecular weight is 354 g/mol. The largest absolute Gasteiger partial charge is 0.497 e. The van der Waals surface area contributed by atoms with E-state index in [0.717, 1.165) is 12.8 Å². The van der Waals surface area contributed by atoms with Gasteiger partial charge in [-0.25, -0.2) is 8.78 Å². The van der Waals surface area contributed by atoms with Crippen LogP contribution in [0.15, 0.2) is 24.3 Å². The summed E-state index contributed by atoms with van der Waals surface area (Å²) < 4.78 is 85.7. The quantitative estimate of drug-likeness (QED) is 0.458. The zero-order valence-electron chi connectivity index (χ0n) is 12.5. The maximum atomic E-state index is 13.2. The normalized spacial score (nSPS) is 13.0. The highest BCUT2D eigenvalue weighted by Gasteiger charge is 2.62. The molecule has 0 aliphatic carbocycles. The van der Waals surface area contributed by atoms with Crippen molar-refractivity contribution in [1.82, 2.24) is 0 Å². The molecule has 0 fully saturated rings. The molecule has 0 aliphatic heterocycles. The molecule has 0 aromatic heterocycles. The highest BCUT2D eigenvalue weighted by molar-refractivity contribution is 5.66. The third-order valence-corrected chi connectivity index (χ3v) is 2.76. The SMILES string of the molecule is COc1ccc(C(C#CC(F)(F)C(F)(F)C(F)F)OC(C)=O)cc1. The molecule has 24 heavy (non-hydrogen) atoms. The highest BCUT2D eigenvalue weighted by atomic mass is 19.3. The minimum atomic E-state index is -5.64. The van der Waals surface area contributed by atoms with Crippen LogP contribution in [0.4, 0.5) is 26.3 Å². The van der Waals surface area contributed by atoms with Crippen molar-refractivity contribution in [3.05, 3.63) is 29.8 Å². The van der Waals surface area contributed by atoms with Crippen LogP contribution in [0.2, 0.25) is 0 Å². The lowest BCUT2D eigenvalue weighted by molar-refractivity contribution is -0.237. The van der Waals surface area contributed by atoms with Gasteiger partial charge in [-0.1, -0.05) is 12.1 Å². The number of methoxy groups -OCH3 is 1. The molecule has 0 aliphatic rings. The third-order valence-electron chi connectivity index (χ3n) is 2.76. The molecule has 0 amide bonds. The van der Waals surface area contributed by atoms with Crippen molar-refractivity contribution in [2.75, 3.05) is 7.11 Å². The summed E-state index contributed by atoms with van der Waals surface area (Å²) in [4.78, 5) is 11.0. The van der Waals surface area contributed by atoms with Gasteiger partial charge < -0.3 is 9.47 Å². The van der Waals surface area contributed by atoms with E-state index in [2.05, 4.69) is 4.74 Å². The van der Waals surface area contributed by atoms with Crippen molar-refractivity contribution in [2.45, 2.75) is 31.3 Å². The number of hydrogen-bond acceptors (Lipinski definition) is 3. The molecule has 0 saturated carbocycles. The molecule has 1 atom stereocenters. The van der Waals surface area contributed by atoms with Gasteiger partial charge in [-0.2, -0.15) is 17.6 Å². The van der Waals surface area contributed by atoms with Gasteiger partial charge in [0.15, 0.2) is 6.10 Å². The molecular weight excluding hydrogens is 342 g/mol. The molecule has 0 N–H and O–H groups in total. The summed E-state index contributed by atoms with van der Waals surface area (Å²) in [5, 5.41) is 0. The van der Waals surface area contributed by atoms with Crippen molar-refractivity contribution >= 4 is 5.97 Å². The number of benzene rings is 1. The van der Waals surface area contributed by atoms with E-state index in [4.69, 9.17) is 4.74 Å². The van der Waals surface area contributed by atoms with E-state index in [1.807, 2.05) is 0 Å². The second-order valence-corrected chi connectivity index (χ2v) is 4.53. The fourth-order valence-corrected chi connectivity index (χ4v) is 1.50. The van der Waals surface area contributed by atoms with E-state index < -0.39 is 30.3 Å². The molecule has 0 bridgehead atoms. The second-order valence-electron chi connectivity index (χ2n) is 4.53. The number of rotatable bonds is 5. The minimum absolute atomic E-state index is 0.0784. The maximum Gasteiger partial charge on any atom is 0.380 e. The summed E-state index contributed by atoms with van der Waals surface area (Å²) in [6.07, 6.45) is -6.23. The molecule has 0 saturated heterocycles. The second kappa shape index (κ2) is 7.47. The Morgan fingerprint density at radius 3 is 2.08 bits per heavy atom. The van der Waals surface area contributed by atoms with Crippen molar-refractivity contribution < 1.29 is 40.6 Å². The summed E-state index contributed by atoms with van der Waals surface area (Å²) in [5.74, 6) is -9.07. The Balaban J connectivity index is 3.17. The lowest BCUT2D eigenvalue weighted by atomic mass is 10.1. The van der Waals surface area contributed by atoms with Crippen LogP contribution in [0.25, 0.3) is 0 Å². The zero-order valence-corrected chi connectivity index (χ0v) is 12.5. The Morgan fingerprint density at radius 2 is 1.67 bits per heavy atom. The van der Waals surface area contributed by atoms with E-state index in [1.54, 1.807) is 5.92 Å². The predicted octanol–water partition coefficient (Wildman–Crippen LogP) is 3.84. The van der Waals surface area contributed by atoms with E-state index in [-0.39, 0.29) is 5.56 Å². The summed E-state index contributed by atoms with van der Waals surface area (Å²) in [7, 11) is 1.37. The van der Waals surface area contributed by atoms with Crippen molar-refractivity contribution in [2.24, 2.45) is 0 Å². The topological polar surface area (TPSA) is 35.5 Å². The number of esters is 1. The summed E-state index contributed by atoms with van der Waals surface area (Å²) in [6, 6.07) is 5.37. The van der Waals surface area contributed by atoms with Gasteiger partial charge in [-0.05, 0) is 24.0 Å².